The van der Waals surface area contributed by atoms with Crippen molar-refractivity contribution in [2.24, 2.45) is 9.98 Å². The molecule has 5 rings (SSSR count). The van der Waals surface area contributed by atoms with Gasteiger partial charge in [-0.05, 0) is 79.6 Å². The van der Waals surface area contributed by atoms with Crippen LogP contribution in [0.4, 0.5) is 18.9 Å². The molecule has 1 aliphatic rings. The Kier molecular flexibility index (Phi) is 11.3. The Balaban J connectivity index is 1.30. The number of benzene rings is 3. The van der Waals surface area contributed by atoms with Crippen molar-refractivity contribution >= 4 is 45.5 Å². The number of aromatic nitrogens is 3. The van der Waals surface area contributed by atoms with Crippen LogP contribution in [0.2, 0.25) is 0 Å². The Morgan fingerprint density at radius 2 is 1.79 bits per heavy atom. The van der Waals surface area contributed by atoms with Gasteiger partial charge in [-0.2, -0.15) is 4.99 Å². The maximum atomic E-state index is 13.1. The standard InChI is InChI=1S/C35H37F3N6O2S2/c1-6-17-47-33(41-34-44(31(45)20-48-34)30-18-23(4)7-16-29(30)22(2)3)40-24(5)19-25-8-10-26(11-9-25)32-39-21-43(42-32)27-12-14-28(15-13-27)46-35(36,37)38/h7-16,18,21-22,24H,6,17,19-20H2,1-5H3/t24-/m1/s1. The van der Waals surface area contributed by atoms with E-state index in [1.807, 2.05) is 31.2 Å². The van der Waals surface area contributed by atoms with Crippen LogP contribution >= 0.6 is 23.5 Å². The highest BCUT2D eigenvalue weighted by Crippen LogP contribution is 2.35. The first-order valence-corrected chi connectivity index (χ1v) is 17.6. The minimum Gasteiger partial charge on any atom is -0.406 e. The highest BCUT2D eigenvalue weighted by Gasteiger charge is 2.33. The van der Waals surface area contributed by atoms with Crippen molar-refractivity contribution in [2.75, 3.05) is 16.4 Å². The van der Waals surface area contributed by atoms with E-state index in [2.05, 4.69) is 60.7 Å². The predicted octanol–water partition coefficient (Wildman–Crippen LogP) is 8.83. The van der Waals surface area contributed by atoms with Crippen LogP contribution in [0, 0.1) is 6.92 Å². The van der Waals surface area contributed by atoms with Crippen LogP contribution in [-0.4, -0.2) is 54.9 Å². The number of amides is 1. The third-order valence-corrected chi connectivity index (χ3v) is 9.33. The number of alkyl halides is 3. The largest absolute Gasteiger partial charge is 0.573 e. The maximum Gasteiger partial charge on any atom is 0.573 e. The number of aliphatic imine (C=N–C) groups is 2. The summed E-state index contributed by atoms with van der Waals surface area (Å²) in [5.74, 6) is 1.66. The lowest BCUT2D eigenvalue weighted by molar-refractivity contribution is -0.274. The third kappa shape index (κ3) is 9.07. The summed E-state index contributed by atoms with van der Waals surface area (Å²) >= 11 is 3.04. The molecule has 0 unspecified atom stereocenters. The molecule has 0 spiro atoms. The first-order valence-electron chi connectivity index (χ1n) is 15.6. The van der Waals surface area contributed by atoms with Crippen molar-refractivity contribution in [3.8, 4) is 22.8 Å². The topological polar surface area (TPSA) is 85.0 Å². The highest BCUT2D eigenvalue weighted by atomic mass is 32.2. The second-order valence-corrected chi connectivity index (χ2v) is 13.7. The summed E-state index contributed by atoms with van der Waals surface area (Å²) in [5, 5.41) is 5.81. The summed E-state index contributed by atoms with van der Waals surface area (Å²) in [4.78, 5) is 29.2. The normalized spacial score (nSPS) is 15.5. The van der Waals surface area contributed by atoms with E-state index in [9.17, 15) is 18.0 Å². The van der Waals surface area contributed by atoms with E-state index in [-0.39, 0.29) is 23.6 Å². The lowest BCUT2D eigenvalue weighted by Gasteiger charge is -2.22. The number of carbonyl (C=O) groups is 1. The van der Waals surface area contributed by atoms with E-state index >= 15 is 0 Å². The van der Waals surface area contributed by atoms with Gasteiger partial charge in [-0.15, -0.1) is 18.3 Å². The molecule has 1 fully saturated rings. The number of rotatable bonds is 10. The molecule has 0 radical (unpaired) electrons. The monoisotopic (exact) mass is 694 g/mol. The Labute approximate surface area is 286 Å². The number of hydrogen-bond donors (Lipinski definition) is 0. The number of halogens is 3. The molecule has 1 amide bonds. The molecule has 8 nitrogen and oxygen atoms in total. The molecule has 48 heavy (non-hydrogen) atoms. The van der Waals surface area contributed by atoms with Gasteiger partial charge in [0.2, 0.25) is 5.91 Å². The molecule has 1 aliphatic heterocycles. The van der Waals surface area contributed by atoms with Gasteiger partial charge in [0.05, 0.1) is 23.2 Å². The van der Waals surface area contributed by atoms with E-state index in [1.54, 1.807) is 16.7 Å². The van der Waals surface area contributed by atoms with Crippen molar-refractivity contribution in [3.05, 3.63) is 89.7 Å². The summed E-state index contributed by atoms with van der Waals surface area (Å²) in [6.45, 7) is 10.5. The fraction of sp³-hybridized carbons (Fsp3) is 0.343. The third-order valence-electron chi connectivity index (χ3n) is 7.34. The minimum absolute atomic E-state index is 0.0204. The van der Waals surface area contributed by atoms with Gasteiger partial charge in [-0.3, -0.25) is 14.7 Å². The SMILES string of the molecule is CCCSC(=N[C@H](C)Cc1ccc(-c2ncn(-c3ccc(OC(F)(F)F)cc3)n2)cc1)N=C1SCC(=O)N1c1cc(C)ccc1C(C)C. The molecule has 0 bridgehead atoms. The predicted molar refractivity (Wildman–Crippen MR) is 189 cm³/mol. The Bertz CT molecular complexity index is 1790. The number of hydrogen-bond acceptors (Lipinski definition) is 7. The van der Waals surface area contributed by atoms with E-state index < -0.39 is 6.36 Å². The second kappa shape index (κ2) is 15.4. The average Bonchev–Trinajstić information content (AvgIpc) is 3.66. The lowest BCUT2D eigenvalue weighted by Crippen LogP contribution is -2.31. The fourth-order valence-electron chi connectivity index (χ4n) is 5.08. The first kappa shape index (κ1) is 35.2. The van der Waals surface area contributed by atoms with Crippen LogP contribution in [0.3, 0.4) is 0 Å². The zero-order valence-electron chi connectivity index (χ0n) is 27.4. The first-order chi connectivity index (χ1) is 22.9. The molecule has 13 heteroatoms. The molecule has 4 aromatic rings. The minimum atomic E-state index is -4.75. The number of nitrogens with zero attached hydrogens (tertiary/aromatic N) is 6. The van der Waals surface area contributed by atoms with Crippen LogP contribution < -0.4 is 9.64 Å². The van der Waals surface area contributed by atoms with Gasteiger partial charge in [0.15, 0.2) is 16.2 Å². The average molecular weight is 695 g/mol. The number of ether oxygens (including phenoxy) is 1. The zero-order valence-corrected chi connectivity index (χ0v) is 29.0. The van der Waals surface area contributed by atoms with Crippen LogP contribution in [0.25, 0.3) is 17.1 Å². The van der Waals surface area contributed by atoms with Gasteiger partial charge in [0.1, 0.15) is 12.1 Å². The van der Waals surface area contributed by atoms with Crippen LogP contribution in [0.1, 0.15) is 56.7 Å². The molecule has 1 atom stereocenters. The number of anilines is 1. The summed E-state index contributed by atoms with van der Waals surface area (Å²) in [7, 11) is 0. The molecular formula is C35H37F3N6O2S2. The van der Waals surface area contributed by atoms with Crippen LogP contribution in [-0.2, 0) is 11.2 Å². The number of thioether (sulfide) groups is 2. The second-order valence-electron chi connectivity index (χ2n) is 11.7. The molecule has 0 aliphatic carbocycles. The van der Waals surface area contributed by atoms with Crippen molar-refractivity contribution < 1.29 is 22.7 Å². The van der Waals surface area contributed by atoms with Crippen molar-refractivity contribution in [2.45, 2.75) is 65.8 Å². The van der Waals surface area contributed by atoms with Crippen molar-refractivity contribution in [3.63, 3.8) is 0 Å². The van der Waals surface area contributed by atoms with E-state index in [0.29, 0.717) is 34.0 Å². The van der Waals surface area contributed by atoms with Gasteiger partial charge in [-0.1, -0.05) is 80.7 Å². The lowest BCUT2D eigenvalue weighted by atomic mass is 9.99. The number of aryl methyl sites for hydroxylation is 1. The Morgan fingerprint density at radius 3 is 2.46 bits per heavy atom. The molecular weight excluding hydrogens is 658 g/mol. The Hall–Kier alpha value is -4.10. The van der Waals surface area contributed by atoms with Crippen LogP contribution in [0.15, 0.2) is 83.0 Å². The molecule has 252 valence electrons. The fourth-order valence-corrected chi connectivity index (χ4v) is 6.79. The van der Waals surface area contributed by atoms with E-state index in [0.717, 1.165) is 40.1 Å². The van der Waals surface area contributed by atoms with Gasteiger partial charge in [-0.25, -0.2) is 9.67 Å². The molecule has 0 saturated carbocycles. The highest BCUT2D eigenvalue weighted by molar-refractivity contribution is 8.16. The van der Waals surface area contributed by atoms with Gasteiger partial charge < -0.3 is 4.74 Å². The molecule has 1 saturated heterocycles. The number of amidine groups is 2. The van der Waals surface area contributed by atoms with Crippen LogP contribution in [0.5, 0.6) is 5.75 Å². The molecule has 3 aromatic carbocycles. The Morgan fingerprint density at radius 1 is 1.06 bits per heavy atom. The summed E-state index contributed by atoms with van der Waals surface area (Å²) < 4.78 is 42.9. The summed E-state index contributed by atoms with van der Waals surface area (Å²) in [5.41, 5.74) is 5.52. The van der Waals surface area contributed by atoms with E-state index in [1.165, 1.54) is 47.0 Å². The number of carbonyl (C=O) groups excluding carboxylic acids is 1. The van der Waals surface area contributed by atoms with Gasteiger partial charge >= 0.3 is 6.36 Å². The zero-order chi connectivity index (χ0) is 34.4. The smallest absolute Gasteiger partial charge is 0.406 e. The van der Waals surface area contributed by atoms with E-state index in [4.69, 9.17) is 9.98 Å². The van der Waals surface area contributed by atoms with Crippen molar-refractivity contribution in [1.82, 2.24) is 14.8 Å². The quantitative estimate of drug-likeness (QED) is 0.122. The summed E-state index contributed by atoms with van der Waals surface area (Å²) in [6.07, 6.45) is -1.59. The van der Waals surface area contributed by atoms with Gasteiger partial charge in [0, 0.05) is 11.3 Å². The summed E-state index contributed by atoms with van der Waals surface area (Å²) in [6, 6.07) is 19.5. The van der Waals surface area contributed by atoms with Crippen molar-refractivity contribution in [1.29, 1.82) is 0 Å². The molecule has 1 aromatic heterocycles. The van der Waals surface area contributed by atoms with Gasteiger partial charge in [0.25, 0.3) is 0 Å². The maximum absolute atomic E-state index is 13.1. The molecule has 0 N–H and O–H groups in total. The molecule has 2 heterocycles.